The third-order valence-corrected chi connectivity index (χ3v) is 7.08. The summed E-state index contributed by atoms with van der Waals surface area (Å²) in [6.45, 7) is 0.166. The largest absolute Gasteiger partial charge is 0.346 e. The van der Waals surface area contributed by atoms with E-state index in [4.69, 9.17) is 0 Å². The van der Waals surface area contributed by atoms with Crippen molar-refractivity contribution in [2.45, 2.75) is 10.8 Å². The minimum Gasteiger partial charge on any atom is -0.346 e. The number of para-hydroxylation sites is 1. The molecule has 0 saturated heterocycles. The topological polar surface area (TPSA) is 84.3 Å². The highest BCUT2D eigenvalue weighted by atomic mass is 32.2. The molecule has 0 aliphatic carbocycles. The number of sulfonamides is 1. The molecule has 0 aliphatic heterocycles. The molecule has 2 aromatic heterocycles. The van der Waals surface area contributed by atoms with Gasteiger partial charge in [0.15, 0.2) is 5.69 Å². The van der Waals surface area contributed by atoms with Crippen LogP contribution in [0.15, 0.2) is 52.9 Å². The van der Waals surface area contributed by atoms with Gasteiger partial charge in [-0.15, -0.1) is 11.3 Å². The molecule has 10 heteroatoms. The van der Waals surface area contributed by atoms with Crippen molar-refractivity contribution in [2.24, 2.45) is 0 Å². The number of hydrogen-bond donors (Lipinski definition) is 1. The molecule has 0 bridgehead atoms. The summed E-state index contributed by atoms with van der Waals surface area (Å²) < 4.78 is 40.6. The highest BCUT2D eigenvalue weighted by Gasteiger charge is 2.20. The summed E-state index contributed by atoms with van der Waals surface area (Å²) in [4.78, 5) is 12.9. The number of nitrogens with one attached hydrogen (secondary N) is 1. The molecule has 0 unspecified atom stereocenters. The first-order valence-electron chi connectivity index (χ1n) is 7.89. The molecule has 3 rings (SSSR count). The molecule has 0 spiro atoms. The summed E-state index contributed by atoms with van der Waals surface area (Å²) in [6.07, 6.45) is 1.50. The van der Waals surface area contributed by atoms with Gasteiger partial charge >= 0.3 is 0 Å². The van der Waals surface area contributed by atoms with Crippen LogP contribution in [0.1, 0.15) is 15.4 Å². The van der Waals surface area contributed by atoms with E-state index in [1.54, 1.807) is 24.3 Å². The number of benzene rings is 1. The number of hydrogen-bond acceptors (Lipinski definition) is 5. The van der Waals surface area contributed by atoms with E-state index in [-0.39, 0.29) is 22.1 Å². The van der Waals surface area contributed by atoms with Crippen LogP contribution in [0, 0.1) is 5.82 Å². The van der Waals surface area contributed by atoms with Crippen LogP contribution in [0.2, 0.25) is 0 Å². The van der Waals surface area contributed by atoms with Gasteiger partial charge in [0.1, 0.15) is 15.7 Å². The van der Waals surface area contributed by atoms with Crippen molar-refractivity contribution in [3.8, 4) is 5.69 Å². The Kier molecular flexibility index (Phi) is 5.40. The van der Waals surface area contributed by atoms with Crippen LogP contribution in [0.25, 0.3) is 5.69 Å². The average Bonchev–Trinajstić information content (AvgIpc) is 3.30. The van der Waals surface area contributed by atoms with E-state index in [1.807, 2.05) is 0 Å². The summed E-state index contributed by atoms with van der Waals surface area (Å²) in [5.74, 6) is -0.878. The molecule has 1 N–H and O–H groups in total. The van der Waals surface area contributed by atoms with E-state index in [0.717, 1.165) is 15.6 Å². The van der Waals surface area contributed by atoms with Gasteiger partial charge in [-0.2, -0.15) is 5.10 Å². The second-order valence-electron chi connectivity index (χ2n) is 5.79. The van der Waals surface area contributed by atoms with Crippen LogP contribution in [0.3, 0.4) is 0 Å². The molecule has 2 heterocycles. The quantitative estimate of drug-likeness (QED) is 0.678. The monoisotopic (exact) mass is 408 g/mol. The zero-order valence-corrected chi connectivity index (χ0v) is 16.2. The van der Waals surface area contributed by atoms with Crippen LogP contribution in [-0.4, -0.2) is 42.5 Å². The Morgan fingerprint density at radius 3 is 2.67 bits per heavy atom. The lowest BCUT2D eigenvalue weighted by atomic mass is 10.3. The molecule has 3 aromatic rings. The van der Waals surface area contributed by atoms with Gasteiger partial charge in [0, 0.05) is 25.2 Å². The standard InChI is InChI=1S/C17H17FN4O3S2/c1-21(2)27(24,25)16-8-7-12(26-16)11-19-17(23)14-9-10-22(20-14)15-6-4-3-5-13(15)18/h3-10H,11H2,1-2H3,(H,19,23). The fourth-order valence-corrected chi connectivity index (χ4v) is 4.71. The van der Waals surface area contributed by atoms with Gasteiger partial charge in [0.05, 0.1) is 6.54 Å². The van der Waals surface area contributed by atoms with Crippen LogP contribution in [0.4, 0.5) is 4.39 Å². The lowest BCUT2D eigenvalue weighted by Crippen LogP contribution is -2.23. The van der Waals surface area contributed by atoms with E-state index >= 15 is 0 Å². The number of rotatable bonds is 6. The molecule has 27 heavy (non-hydrogen) atoms. The number of amides is 1. The third-order valence-electron chi connectivity index (χ3n) is 3.72. The summed E-state index contributed by atoms with van der Waals surface area (Å²) in [5.41, 5.74) is 0.379. The van der Waals surface area contributed by atoms with Crippen molar-refractivity contribution < 1.29 is 17.6 Å². The Bertz CT molecular complexity index is 1070. The predicted molar refractivity (Wildman–Crippen MR) is 99.9 cm³/mol. The molecule has 0 saturated carbocycles. The molecule has 142 valence electrons. The Morgan fingerprint density at radius 2 is 1.96 bits per heavy atom. The van der Waals surface area contributed by atoms with E-state index in [0.29, 0.717) is 4.88 Å². The van der Waals surface area contributed by atoms with Crippen LogP contribution >= 0.6 is 11.3 Å². The van der Waals surface area contributed by atoms with Gasteiger partial charge in [-0.1, -0.05) is 12.1 Å². The lowest BCUT2D eigenvalue weighted by Gasteiger charge is -2.08. The minimum atomic E-state index is -3.49. The van der Waals surface area contributed by atoms with E-state index in [1.165, 1.54) is 43.2 Å². The summed E-state index contributed by atoms with van der Waals surface area (Å²) in [7, 11) is -0.569. The molecular weight excluding hydrogens is 391 g/mol. The molecule has 0 aliphatic rings. The van der Waals surface area contributed by atoms with Crippen molar-refractivity contribution in [1.82, 2.24) is 19.4 Å². The molecule has 0 atom stereocenters. The Labute approximate surface area is 160 Å². The zero-order valence-electron chi connectivity index (χ0n) is 14.6. The number of carbonyl (C=O) groups is 1. The fourth-order valence-electron chi connectivity index (χ4n) is 2.25. The first-order chi connectivity index (χ1) is 12.8. The first-order valence-corrected chi connectivity index (χ1v) is 10.1. The normalized spacial score (nSPS) is 11.7. The minimum absolute atomic E-state index is 0.135. The molecule has 1 amide bonds. The Hall–Kier alpha value is -2.56. The maximum atomic E-state index is 13.8. The number of thiophene rings is 1. The number of carbonyl (C=O) groups excluding carboxylic acids is 1. The maximum absolute atomic E-state index is 13.8. The Morgan fingerprint density at radius 1 is 1.22 bits per heavy atom. The second kappa shape index (κ2) is 7.59. The van der Waals surface area contributed by atoms with Crippen LogP contribution in [0.5, 0.6) is 0 Å². The molecular formula is C17H17FN4O3S2. The molecule has 0 radical (unpaired) electrons. The van der Waals surface area contributed by atoms with Gasteiger partial charge in [-0.25, -0.2) is 21.8 Å². The smallest absolute Gasteiger partial charge is 0.272 e. The van der Waals surface area contributed by atoms with Crippen molar-refractivity contribution in [3.05, 3.63) is 65.0 Å². The van der Waals surface area contributed by atoms with Crippen molar-refractivity contribution in [1.29, 1.82) is 0 Å². The van der Waals surface area contributed by atoms with E-state index in [9.17, 15) is 17.6 Å². The third kappa shape index (κ3) is 4.07. The SMILES string of the molecule is CN(C)S(=O)(=O)c1ccc(CNC(=O)c2ccn(-c3ccccc3F)n2)s1. The van der Waals surface area contributed by atoms with Crippen molar-refractivity contribution >= 4 is 27.3 Å². The van der Waals surface area contributed by atoms with Gasteiger partial charge in [-0.05, 0) is 30.3 Å². The first kappa shape index (κ1) is 19.2. The fraction of sp³-hybridized carbons (Fsp3) is 0.176. The molecule has 1 aromatic carbocycles. The summed E-state index contributed by atoms with van der Waals surface area (Å²) in [5, 5.41) is 6.77. The summed E-state index contributed by atoms with van der Waals surface area (Å²) >= 11 is 1.09. The zero-order chi connectivity index (χ0) is 19.6. The van der Waals surface area contributed by atoms with Crippen molar-refractivity contribution in [2.75, 3.05) is 14.1 Å². The molecule has 7 nitrogen and oxygen atoms in total. The van der Waals surface area contributed by atoms with Gasteiger partial charge in [0.2, 0.25) is 0 Å². The molecule has 0 fully saturated rings. The highest BCUT2D eigenvalue weighted by Crippen LogP contribution is 2.23. The lowest BCUT2D eigenvalue weighted by molar-refractivity contribution is 0.0946. The maximum Gasteiger partial charge on any atom is 0.272 e. The predicted octanol–water partition coefficient (Wildman–Crippen LogP) is 2.25. The number of aromatic nitrogens is 2. The van der Waals surface area contributed by atoms with E-state index in [2.05, 4.69) is 10.4 Å². The van der Waals surface area contributed by atoms with Crippen LogP contribution in [-0.2, 0) is 16.6 Å². The summed E-state index contributed by atoms with van der Waals surface area (Å²) in [6, 6.07) is 10.8. The highest BCUT2D eigenvalue weighted by molar-refractivity contribution is 7.91. The number of halogens is 1. The van der Waals surface area contributed by atoms with E-state index < -0.39 is 21.7 Å². The second-order valence-corrected chi connectivity index (χ2v) is 9.33. The van der Waals surface area contributed by atoms with Gasteiger partial charge < -0.3 is 5.32 Å². The Balaban J connectivity index is 1.67. The van der Waals surface area contributed by atoms with Crippen molar-refractivity contribution in [3.63, 3.8) is 0 Å². The number of nitrogens with zero attached hydrogens (tertiary/aromatic N) is 3. The average molecular weight is 408 g/mol. The van der Waals surface area contributed by atoms with Crippen LogP contribution < -0.4 is 5.32 Å². The van der Waals surface area contributed by atoms with Gasteiger partial charge in [0.25, 0.3) is 15.9 Å². The van der Waals surface area contributed by atoms with Gasteiger partial charge in [-0.3, -0.25) is 4.79 Å².